The monoisotopic (exact) mass is 376 g/mol. The Morgan fingerprint density at radius 1 is 1.08 bits per heavy atom. The van der Waals surface area contributed by atoms with Crippen molar-refractivity contribution < 1.29 is 9.59 Å². The first-order chi connectivity index (χ1) is 10.7. The topological polar surface area (TPSA) is 73.5 Å². The highest BCUT2D eigenvalue weighted by Gasteiger charge is 2.11. The smallest absolute Gasteiger partial charge is 0.251 e. The van der Waals surface area contributed by atoms with E-state index < -0.39 is 0 Å². The van der Waals surface area contributed by atoms with E-state index in [1.165, 1.54) is 12.8 Å². The summed E-state index contributed by atoms with van der Waals surface area (Å²) < 4.78 is 0. The molecule has 6 nitrogen and oxygen atoms in total. The van der Waals surface area contributed by atoms with Gasteiger partial charge in [-0.2, -0.15) is 0 Å². The molecule has 1 aliphatic rings. The molecule has 136 valence electrons. The van der Waals surface area contributed by atoms with Gasteiger partial charge < -0.3 is 20.9 Å². The van der Waals surface area contributed by atoms with Gasteiger partial charge in [0.15, 0.2) is 0 Å². The molecule has 0 radical (unpaired) electrons. The Hall–Kier alpha value is -1.34. The zero-order chi connectivity index (χ0) is 15.8. The normalized spacial score (nSPS) is 13.5. The second-order valence-electron chi connectivity index (χ2n) is 5.46. The number of rotatable bonds is 7. The van der Waals surface area contributed by atoms with Crippen LogP contribution in [-0.4, -0.2) is 56.5 Å². The van der Waals surface area contributed by atoms with E-state index in [2.05, 4.69) is 20.9 Å². The van der Waals surface area contributed by atoms with Crippen molar-refractivity contribution in [2.75, 3.05) is 45.1 Å². The molecular weight excluding hydrogens is 351 g/mol. The predicted octanol–water partition coefficient (Wildman–Crippen LogP) is 1.51. The number of likely N-dealkylation sites (tertiary alicyclic amines) is 1. The van der Waals surface area contributed by atoms with Crippen molar-refractivity contribution in [2.45, 2.75) is 12.8 Å². The summed E-state index contributed by atoms with van der Waals surface area (Å²) in [6, 6.07) is 6.92. The van der Waals surface area contributed by atoms with Crippen LogP contribution < -0.4 is 16.0 Å². The first kappa shape index (κ1) is 22.7. The van der Waals surface area contributed by atoms with Gasteiger partial charge >= 0.3 is 0 Å². The van der Waals surface area contributed by atoms with Gasteiger partial charge in [-0.1, -0.05) is 0 Å². The van der Waals surface area contributed by atoms with E-state index in [1.807, 2.05) is 0 Å². The highest BCUT2D eigenvalue weighted by Crippen LogP contribution is 2.09. The molecule has 1 heterocycles. The van der Waals surface area contributed by atoms with Crippen LogP contribution >= 0.6 is 24.8 Å². The Labute approximate surface area is 155 Å². The largest absolute Gasteiger partial charge is 0.351 e. The van der Waals surface area contributed by atoms with Gasteiger partial charge in [-0.05, 0) is 57.2 Å². The van der Waals surface area contributed by atoms with Crippen LogP contribution in [0.1, 0.15) is 23.2 Å². The van der Waals surface area contributed by atoms with E-state index in [-0.39, 0.29) is 43.2 Å². The third kappa shape index (κ3) is 7.49. The summed E-state index contributed by atoms with van der Waals surface area (Å²) in [4.78, 5) is 25.8. The lowest BCUT2D eigenvalue weighted by Crippen LogP contribution is -2.33. The van der Waals surface area contributed by atoms with Gasteiger partial charge in [0.25, 0.3) is 5.91 Å². The molecule has 0 aliphatic carbocycles. The number of nitrogens with zero attached hydrogens (tertiary/aromatic N) is 1. The maximum absolute atomic E-state index is 12.0. The quantitative estimate of drug-likeness (QED) is 0.674. The second kappa shape index (κ2) is 12.1. The lowest BCUT2D eigenvalue weighted by molar-refractivity contribution is -0.115. The third-order valence-electron chi connectivity index (χ3n) is 3.68. The third-order valence-corrected chi connectivity index (χ3v) is 3.68. The van der Waals surface area contributed by atoms with E-state index in [4.69, 9.17) is 0 Å². The van der Waals surface area contributed by atoms with Crippen molar-refractivity contribution in [3.8, 4) is 0 Å². The summed E-state index contributed by atoms with van der Waals surface area (Å²) >= 11 is 0. The van der Waals surface area contributed by atoms with Crippen molar-refractivity contribution in [2.24, 2.45) is 0 Å². The van der Waals surface area contributed by atoms with Gasteiger partial charge in [0.05, 0.1) is 6.54 Å². The molecule has 0 aromatic heterocycles. The zero-order valence-electron chi connectivity index (χ0n) is 13.8. The molecule has 1 aromatic carbocycles. The van der Waals surface area contributed by atoms with Crippen LogP contribution in [0.15, 0.2) is 24.3 Å². The van der Waals surface area contributed by atoms with Gasteiger partial charge in [-0.25, -0.2) is 0 Å². The van der Waals surface area contributed by atoms with E-state index in [1.54, 1.807) is 31.3 Å². The van der Waals surface area contributed by atoms with Crippen LogP contribution in [0.25, 0.3) is 0 Å². The summed E-state index contributed by atoms with van der Waals surface area (Å²) in [5.41, 5.74) is 1.29. The van der Waals surface area contributed by atoms with Crippen molar-refractivity contribution in [1.82, 2.24) is 15.5 Å². The summed E-state index contributed by atoms with van der Waals surface area (Å²) in [6.45, 7) is 4.11. The standard InChI is InChI=1S/C16H24N4O2.2ClH/c1-17-12-15(21)19-14-6-4-13(5-7-14)16(22)18-8-11-20-9-2-3-10-20;;/h4-7,17H,2-3,8-12H2,1H3,(H,18,22)(H,19,21);2*1H. The molecule has 3 N–H and O–H groups in total. The number of carbonyl (C=O) groups is 2. The van der Waals surface area contributed by atoms with Gasteiger partial charge in [0, 0.05) is 24.3 Å². The van der Waals surface area contributed by atoms with Crippen LogP contribution in [0.4, 0.5) is 5.69 Å². The summed E-state index contributed by atoms with van der Waals surface area (Å²) in [6.07, 6.45) is 2.52. The fourth-order valence-electron chi connectivity index (χ4n) is 2.51. The number of anilines is 1. The minimum atomic E-state index is -0.106. The van der Waals surface area contributed by atoms with Crippen molar-refractivity contribution in [1.29, 1.82) is 0 Å². The molecule has 1 fully saturated rings. The molecule has 1 aromatic rings. The number of benzene rings is 1. The number of hydrogen-bond donors (Lipinski definition) is 3. The Kier molecular flexibility index (Phi) is 11.4. The molecule has 8 heteroatoms. The van der Waals surface area contributed by atoms with E-state index in [0.29, 0.717) is 17.8 Å². The predicted molar refractivity (Wildman–Crippen MR) is 102 cm³/mol. The van der Waals surface area contributed by atoms with E-state index in [0.717, 1.165) is 19.6 Å². The lowest BCUT2D eigenvalue weighted by Gasteiger charge is -2.14. The minimum Gasteiger partial charge on any atom is -0.351 e. The number of carbonyl (C=O) groups excluding carboxylic acids is 2. The molecule has 2 rings (SSSR count). The average Bonchev–Trinajstić information content (AvgIpc) is 3.01. The van der Waals surface area contributed by atoms with Crippen LogP contribution in [0, 0.1) is 0 Å². The van der Waals surface area contributed by atoms with E-state index >= 15 is 0 Å². The van der Waals surface area contributed by atoms with Crippen LogP contribution in [0.5, 0.6) is 0 Å². The number of hydrogen-bond acceptors (Lipinski definition) is 4. The fourth-order valence-corrected chi connectivity index (χ4v) is 2.51. The Morgan fingerprint density at radius 3 is 2.29 bits per heavy atom. The van der Waals surface area contributed by atoms with Crippen LogP contribution in [0.2, 0.25) is 0 Å². The van der Waals surface area contributed by atoms with E-state index in [9.17, 15) is 9.59 Å². The highest BCUT2D eigenvalue weighted by atomic mass is 35.5. The SMILES string of the molecule is CNCC(=O)Nc1ccc(C(=O)NCCN2CCCC2)cc1.Cl.Cl. The molecule has 24 heavy (non-hydrogen) atoms. The summed E-state index contributed by atoms with van der Waals surface area (Å²) in [5, 5.41) is 8.46. The molecule has 0 saturated carbocycles. The van der Waals surface area contributed by atoms with Crippen molar-refractivity contribution >= 4 is 42.3 Å². The molecule has 0 atom stereocenters. The maximum atomic E-state index is 12.0. The van der Waals surface area contributed by atoms with Gasteiger partial charge in [0.1, 0.15) is 0 Å². The van der Waals surface area contributed by atoms with Crippen LogP contribution in [-0.2, 0) is 4.79 Å². The molecule has 1 saturated heterocycles. The first-order valence-electron chi connectivity index (χ1n) is 7.74. The molecular formula is C16H26Cl2N4O2. The van der Waals surface area contributed by atoms with Crippen LogP contribution in [0.3, 0.4) is 0 Å². The molecule has 2 amide bonds. The lowest BCUT2D eigenvalue weighted by atomic mass is 10.2. The zero-order valence-corrected chi connectivity index (χ0v) is 15.5. The molecule has 0 unspecified atom stereocenters. The Balaban J connectivity index is 0.00000264. The van der Waals surface area contributed by atoms with Crippen molar-refractivity contribution in [3.63, 3.8) is 0 Å². The Bertz CT molecular complexity index is 505. The molecule has 1 aliphatic heterocycles. The average molecular weight is 377 g/mol. The number of halogens is 2. The number of amides is 2. The molecule has 0 spiro atoms. The first-order valence-corrected chi connectivity index (χ1v) is 7.74. The van der Waals surface area contributed by atoms with Gasteiger partial charge in [0.2, 0.25) is 5.91 Å². The van der Waals surface area contributed by atoms with Crippen molar-refractivity contribution in [3.05, 3.63) is 29.8 Å². The highest BCUT2D eigenvalue weighted by molar-refractivity contribution is 5.96. The summed E-state index contributed by atoms with van der Waals surface area (Å²) in [7, 11) is 1.72. The summed E-state index contributed by atoms with van der Waals surface area (Å²) in [5.74, 6) is -0.183. The molecule has 0 bridgehead atoms. The van der Waals surface area contributed by atoms with Gasteiger partial charge in [-0.15, -0.1) is 24.8 Å². The fraction of sp³-hybridized carbons (Fsp3) is 0.500. The number of likely N-dealkylation sites (N-methyl/N-ethyl adjacent to an activating group) is 1. The Morgan fingerprint density at radius 2 is 1.71 bits per heavy atom. The van der Waals surface area contributed by atoms with Gasteiger partial charge in [-0.3, -0.25) is 9.59 Å². The maximum Gasteiger partial charge on any atom is 0.251 e. The minimum absolute atomic E-state index is 0. The second-order valence-corrected chi connectivity index (χ2v) is 5.46. The number of nitrogens with one attached hydrogen (secondary N) is 3.